The van der Waals surface area contributed by atoms with E-state index in [0.29, 0.717) is 26.5 Å². The average Bonchev–Trinajstić information content (AvgIpc) is 2.64. The van der Waals surface area contributed by atoms with Gasteiger partial charge in [-0.1, -0.05) is 53.9 Å². The molecule has 0 spiro atoms. The second-order valence-corrected chi connectivity index (χ2v) is 9.59. The van der Waals surface area contributed by atoms with Crippen molar-refractivity contribution in [3.8, 4) is 11.3 Å². The molecule has 2 aromatic carbocycles. The zero-order valence-electron chi connectivity index (χ0n) is 14.2. The number of halogens is 3. The molecule has 0 amide bonds. The van der Waals surface area contributed by atoms with Gasteiger partial charge in [0.25, 0.3) is 0 Å². The number of fused-ring (bicyclic) bond motifs is 1. The van der Waals surface area contributed by atoms with Gasteiger partial charge < -0.3 is 0 Å². The smallest absolute Gasteiger partial charge is 0.215 e. The molecule has 0 aliphatic heterocycles. The van der Waals surface area contributed by atoms with E-state index in [-0.39, 0.29) is 34.2 Å². The summed E-state index contributed by atoms with van der Waals surface area (Å²) in [5.74, 6) is -0.0808. The van der Waals surface area contributed by atoms with E-state index in [0.717, 1.165) is 0 Å². The van der Waals surface area contributed by atoms with Gasteiger partial charge in [-0.2, -0.15) is 5.10 Å². The molecular formula is C18H15Cl3N2O3S. The zero-order valence-corrected chi connectivity index (χ0v) is 17.3. The predicted octanol–water partition coefficient (Wildman–Crippen LogP) is 4.46. The van der Waals surface area contributed by atoms with Crippen molar-refractivity contribution in [2.75, 3.05) is 11.5 Å². The molecule has 0 aliphatic carbocycles. The van der Waals surface area contributed by atoms with Crippen LogP contribution < -0.4 is 5.43 Å². The molecule has 0 bridgehead atoms. The van der Waals surface area contributed by atoms with Gasteiger partial charge in [-0.05, 0) is 24.3 Å². The molecule has 3 rings (SSSR count). The Morgan fingerprint density at radius 1 is 1.11 bits per heavy atom. The average molecular weight is 446 g/mol. The highest BCUT2D eigenvalue weighted by molar-refractivity contribution is 7.91. The van der Waals surface area contributed by atoms with Gasteiger partial charge in [0.2, 0.25) is 5.43 Å². The van der Waals surface area contributed by atoms with Gasteiger partial charge in [0.15, 0.2) is 9.84 Å². The SMILES string of the molecule is CCS(=O)(=O)CCn1nc(-c2cccc(Cl)c2Cl)c(=O)c2ccc(Cl)cc21. The second kappa shape index (κ2) is 7.80. The Hall–Kier alpha value is -1.60. The Morgan fingerprint density at radius 3 is 2.56 bits per heavy atom. The van der Waals surface area contributed by atoms with Crippen LogP contribution in [0.2, 0.25) is 15.1 Å². The minimum atomic E-state index is -3.22. The molecule has 27 heavy (non-hydrogen) atoms. The number of benzene rings is 2. The lowest BCUT2D eigenvalue weighted by Crippen LogP contribution is -2.21. The maximum Gasteiger partial charge on any atom is 0.215 e. The minimum Gasteiger partial charge on any atom is -0.287 e. The molecule has 3 aromatic rings. The van der Waals surface area contributed by atoms with Crippen molar-refractivity contribution < 1.29 is 8.42 Å². The third-order valence-corrected chi connectivity index (χ3v) is 6.92. The van der Waals surface area contributed by atoms with Crippen molar-refractivity contribution in [1.82, 2.24) is 9.78 Å². The Bertz CT molecular complexity index is 1190. The van der Waals surface area contributed by atoms with Gasteiger partial charge in [-0.3, -0.25) is 9.48 Å². The van der Waals surface area contributed by atoms with E-state index in [9.17, 15) is 13.2 Å². The third kappa shape index (κ3) is 4.14. The van der Waals surface area contributed by atoms with E-state index in [1.807, 2.05) is 0 Å². The summed E-state index contributed by atoms with van der Waals surface area (Å²) in [5, 5.41) is 5.69. The number of hydrogen-bond donors (Lipinski definition) is 0. The first-order valence-electron chi connectivity index (χ1n) is 8.08. The van der Waals surface area contributed by atoms with Crippen molar-refractivity contribution in [2.24, 2.45) is 0 Å². The summed E-state index contributed by atoms with van der Waals surface area (Å²) in [5.41, 5.74) is 0.616. The molecule has 0 atom stereocenters. The van der Waals surface area contributed by atoms with Crippen molar-refractivity contribution in [1.29, 1.82) is 0 Å². The lowest BCUT2D eigenvalue weighted by molar-refractivity contribution is 0.584. The number of rotatable bonds is 5. The van der Waals surface area contributed by atoms with Crippen molar-refractivity contribution in [2.45, 2.75) is 13.5 Å². The van der Waals surface area contributed by atoms with Gasteiger partial charge in [0, 0.05) is 21.7 Å². The summed E-state index contributed by atoms with van der Waals surface area (Å²) in [6, 6.07) is 9.71. The van der Waals surface area contributed by atoms with Gasteiger partial charge in [0.05, 0.1) is 27.9 Å². The highest BCUT2D eigenvalue weighted by Gasteiger charge is 2.18. The molecule has 9 heteroatoms. The Balaban J connectivity index is 2.27. The normalized spacial score (nSPS) is 11.9. The quantitative estimate of drug-likeness (QED) is 0.581. The van der Waals surface area contributed by atoms with E-state index < -0.39 is 9.84 Å². The topological polar surface area (TPSA) is 69.0 Å². The zero-order chi connectivity index (χ0) is 19.8. The predicted molar refractivity (Wildman–Crippen MR) is 111 cm³/mol. The lowest BCUT2D eigenvalue weighted by Gasteiger charge is -2.13. The molecule has 0 radical (unpaired) electrons. The van der Waals surface area contributed by atoms with E-state index >= 15 is 0 Å². The van der Waals surface area contributed by atoms with Crippen LogP contribution in [0.5, 0.6) is 0 Å². The fraction of sp³-hybridized carbons (Fsp3) is 0.222. The molecule has 0 N–H and O–H groups in total. The van der Waals surface area contributed by atoms with Crippen LogP contribution in [0.1, 0.15) is 6.92 Å². The fourth-order valence-corrected chi connectivity index (χ4v) is 3.96. The molecule has 0 saturated heterocycles. The standard InChI is InChI=1S/C18H15Cl3N2O3S/c1-2-27(25,26)9-8-23-15-10-11(19)6-7-12(15)18(24)17(22-23)13-4-3-5-14(20)16(13)21/h3-7,10H,2,8-9H2,1H3. The minimum absolute atomic E-state index is 0.0267. The van der Waals surface area contributed by atoms with E-state index in [1.165, 1.54) is 4.68 Å². The molecule has 142 valence electrons. The summed E-state index contributed by atoms with van der Waals surface area (Å²) in [7, 11) is -3.22. The maximum absolute atomic E-state index is 13.0. The van der Waals surface area contributed by atoms with Crippen LogP contribution in [0.15, 0.2) is 41.2 Å². The Kier molecular flexibility index (Phi) is 5.82. The summed E-state index contributed by atoms with van der Waals surface area (Å²) in [6.07, 6.45) is 0. The van der Waals surface area contributed by atoms with E-state index in [4.69, 9.17) is 34.8 Å². The van der Waals surface area contributed by atoms with Crippen LogP contribution in [0.4, 0.5) is 0 Å². The van der Waals surface area contributed by atoms with Crippen molar-refractivity contribution >= 4 is 55.5 Å². The van der Waals surface area contributed by atoms with Gasteiger partial charge in [0.1, 0.15) is 5.69 Å². The van der Waals surface area contributed by atoms with Crippen LogP contribution in [0.25, 0.3) is 22.2 Å². The molecule has 5 nitrogen and oxygen atoms in total. The highest BCUT2D eigenvalue weighted by atomic mass is 35.5. The second-order valence-electron chi connectivity index (χ2n) is 5.90. The highest BCUT2D eigenvalue weighted by Crippen LogP contribution is 2.31. The lowest BCUT2D eigenvalue weighted by atomic mass is 10.1. The van der Waals surface area contributed by atoms with Crippen LogP contribution in [0, 0.1) is 0 Å². The first-order chi connectivity index (χ1) is 12.7. The third-order valence-electron chi connectivity index (χ3n) is 4.18. The molecule has 1 heterocycles. The van der Waals surface area contributed by atoms with Crippen LogP contribution in [-0.2, 0) is 16.4 Å². The molecule has 0 unspecified atom stereocenters. The van der Waals surface area contributed by atoms with Crippen LogP contribution in [0.3, 0.4) is 0 Å². The summed E-state index contributed by atoms with van der Waals surface area (Å²) in [4.78, 5) is 13.0. The molecular weight excluding hydrogens is 431 g/mol. The van der Waals surface area contributed by atoms with E-state index in [1.54, 1.807) is 43.3 Å². The van der Waals surface area contributed by atoms with Gasteiger partial charge >= 0.3 is 0 Å². The van der Waals surface area contributed by atoms with Crippen LogP contribution >= 0.6 is 34.8 Å². The first kappa shape index (κ1) is 20.1. The molecule has 0 saturated carbocycles. The van der Waals surface area contributed by atoms with E-state index in [2.05, 4.69) is 5.10 Å². The monoisotopic (exact) mass is 444 g/mol. The van der Waals surface area contributed by atoms with Crippen LogP contribution in [-0.4, -0.2) is 29.7 Å². The van der Waals surface area contributed by atoms with Crippen molar-refractivity contribution in [3.63, 3.8) is 0 Å². The Morgan fingerprint density at radius 2 is 1.85 bits per heavy atom. The number of aryl methyl sites for hydroxylation is 1. The fourth-order valence-electron chi connectivity index (χ4n) is 2.66. The number of sulfone groups is 1. The molecule has 0 aliphatic rings. The van der Waals surface area contributed by atoms with Gasteiger partial charge in [-0.15, -0.1) is 0 Å². The number of nitrogens with zero attached hydrogens (tertiary/aromatic N) is 2. The number of hydrogen-bond acceptors (Lipinski definition) is 4. The molecule has 1 aromatic heterocycles. The summed E-state index contributed by atoms with van der Waals surface area (Å²) < 4.78 is 25.3. The maximum atomic E-state index is 13.0. The number of aromatic nitrogens is 2. The summed E-state index contributed by atoms with van der Waals surface area (Å²) >= 11 is 18.4. The Labute approximate surface area is 171 Å². The molecule has 0 fully saturated rings. The first-order valence-corrected chi connectivity index (χ1v) is 11.0. The largest absolute Gasteiger partial charge is 0.287 e. The van der Waals surface area contributed by atoms with Crippen molar-refractivity contribution in [3.05, 3.63) is 61.7 Å². The van der Waals surface area contributed by atoms with Gasteiger partial charge in [-0.25, -0.2) is 8.42 Å². The summed E-state index contributed by atoms with van der Waals surface area (Å²) in [6.45, 7) is 1.67.